The number of pyridine rings is 1. The molecule has 21 heavy (non-hydrogen) atoms. The second-order valence-corrected chi connectivity index (χ2v) is 5.77. The number of hydrogen-bond donors (Lipinski definition) is 1. The van der Waals surface area contributed by atoms with Crippen molar-refractivity contribution in [3.8, 4) is 0 Å². The van der Waals surface area contributed by atoms with Crippen LogP contribution in [0.25, 0.3) is 0 Å². The van der Waals surface area contributed by atoms with Gasteiger partial charge in [0.1, 0.15) is 0 Å². The molecule has 0 spiro atoms. The van der Waals surface area contributed by atoms with Crippen molar-refractivity contribution in [1.29, 1.82) is 0 Å². The van der Waals surface area contributed by atoms with Crippen molar-refractivity contribution in [1.82, 2.24) is 9.88 Å². The summed E-state index contributed by atoms with van der Waals surface area (Å²) in [5, 5.41) is 10.8. The van der Waals surface area contributed by atoms with Gasteiger partial charge in [-0.1, -0.05) is 29.3 Å². The van der Waals surface area contributed by atoms with Gasteiger partial charge in [0.25, 0.3) is 0 Å². The van der Waals surface area contributed by atoms with E-state index in [0.717, 1.165) is 24.1 Å². The van der Waals surface area contributed by atoms with E-state index in [0.29, 0.717) is 10.0 Å². The molecule has 0 bridgehead atoms. The first-order valence-corrected chi connectivity index (χ1v) is 7.52. The Morgan fingerprint density at radius 2 is 1.86 bits per heavy atom. The fourth-order valence-corrected chi connectivity index (χ4v) is 2.56. The number of rotatable bonds is 6. The zero-order chi connectivity index (χ0) is 15.2. The maximum Gasteiger partial charge on any atom is 0.0628 e. The van der Waals surface area contributed by atoms with Crippen LogP contribution in [0.15, 0.2) is 42.7 Å². The molecule has 1 heterocycles. The van der Waals surface area contributed by atoms with Gasteiger partial charge in [0.15, 0.2) is 0 Å². The van der Waals surface area contributed by atoms with Crippen molar-refractivity contribution in [3.63, 3.8) is 0 Å². The third-order valence-electron chi connectivity index (χ3n) is 3.53. The summed E-state index contributed by atoms with van der Waals surface area (Å²) in [5.74, 6) is 0. The highest BCUT2D eigenvalue weighted by molar-refractivity contribution is 6.42. The number of aromatic nitrogens is 1. The van der Waals surface area contributed by atoms with Gasteiger partial charge in [-0.25, -0.2) is 0 Å². The molecule has 1 atom stereocenters. The van der Waals surface area contributed by atoms with E-state index in [4.69, 9.17) is 23.2 Å². The van der Waals surface area contributed by atoms with E-state index in [2.05, 4.69) is 9.88 Å². The molecular weight excluding hydrogens is 307 g/mol. The molecule has 1 aromatic heterocycles. The van der Waals surface area contributed by atoms with Crippen LogP contribution in [0.1, 0.15) is 17.2 Å². The van der Waals surface area contributed by atoms with Gasteiger partial charge in [0.05, 0.1) is 22.7 Å². The summed E-state index contributed by atoms with van der Waals surface area (Å²) in [7, 11) is 2.00. The fraction of sp³-hybridized carbons (Fsp3) is 0.312. The van der Waals surface area contributed by atoms with Crippen LogP contribution in [0, 0.1) is 0 Å². The lowest BCUT2D eigenvalue weighted by Crippen LogP contribution is -2.29. The van der Waals surface area contributed by atoms with Gasteiger partial charge >= 0.3 is 0 Å². The second-order valence-electron chi connectivity index (χ2n) is 4.96. The summed E-state index contributed by atoms with van der Waals surface area (Å²) in [5.41, 5.74) is 2.19. The maximum absolute atomic E-state index is 9.63. The summed E-state index contributed by atoms with van der Waals surface area (Å²) in [6.45, 7) is 0.882. The largest absolute Gasteiger partial charge is 0.394 e. The molecule has 1 unspecified atom stereocenters. The van der Waals surface area contributed by atoms with E-state index in [1.807, 2.05) is 37.4 Å². The van der Waals surface area contributed by atoms with E-state index in [1.165, 1.54) is 0 Å². The summed E-state index contributed by atoms with van der Waals surface area (Å²) in [4.78, 5) is 6.13. The molecule has 0 saturated carbocycles. The first-order chi connectivity index (χ1) is 10.1. The van der Waals surface area contributed by atoms with Gasteiger partial charge in [0, 0.05) is 18.9 Å². The number of benzene rings is 1. The van der Waals surface area contributed by atoms with E-state index < -0.39 is 0 Å². The highest BCUT2D eigenvalue weighted by atomic mass is 35.5. The Labute approximate surface area is 135 Å². The number of aliphatic hydroxyl groups is 1. The minimum atomic E-state index is -0.0317. The average Bonchev–Trinajstić information content (AvgIpc) is 2.50. The van der Waals surface area contributed by atoms with Crippen LogP contribution in [0.5, 0.6) is 0 Å². The van der Waals surface area contributed by atoms with Gasteiger partial charge < -0.3 is 5.11 Å². The summed E-state index contributed by atoms with van der Waals surface area (Å²) < 4.78 is 0. The Kier molecular flexibility index (Phi) is 6.00. The third kappa shape index (κ3) is 4.42. The molecule has 5 heteroatoms. The predicted molar refractivity (Wildman–Crippen MR) is 86.9 cm³/mol. The van der Waals surface area contributed by atoms with Crippen LogP contribution >= 0.6 is 23.2 Å². The average molecular weight is 325 g/mol. The van der Waals surface area contributed by atoms with Crippen molar-refractivity contribution in [3.05, 3.63) is 63.9 Å². The summed E-state index contributed by atoms with van der Waals surface area (Å²) >= 11 is 11.9. The summed E-state index contributed by atoms with van der Waals surface area (Å²) in [6, 6.07) is 9.50. The van der Waals surface area contributed by atoms with Crippen LogP contribution in [-0.2, 0) is 6.42 Å². The Hall–Kier alpha value is -1.13. The van der Waals surface area contributed by atoms with Crippen molar-refractivity contribution in [2.45, 2.75) is 12.5 Å². The Balaban J connectivity index is 1.99. The molecule has 2 aromatic rings. The monoisotopic (exact) mass is 324 g/mol. The number of hydrogen-bond acceptors (Lipinski definition) is 3. The molecule has 0 aliphatic rings. The molecule has 0 aliphatic carbocycles. The molecule has 0 saturated heterocycles. The SMILES string of the molecule is CN(CCc1ccc(Cl)c(Cl)c1)C(CO)c1ccncc1. The lowest BCUT2D eigenvalue weighted by atomic mass is 10.1. The molecular formula is C16H18Cl2N2O. The van der Waals surface area contributed by atoms with Crippen molar-refractivity contribution < 1.29 is 5.11 Å². The predicted octanol–water partition coefficient (Wildman–Crippen LogP) is 3.60. The van der Waals surface area contributed by atoms with Gasteiger partial charge in [-0.2, -0.15) is 0 Å². The van der Waals surface area contributed by atoms with E-state index >= 15 is 0 Å². The molecule has 3 nitrogen and oxygen atoms in total. The molecule has 1 aromatic carbocycles. The topological polar surface area (TPSA) is 36.4 Å². The lowest BCUT2D eigenvalue weighted by molar-refractivity contribution is 0.149. The lowest BCUT2D eigenvalue weighted by Gasteiger charge is -2.26. The molecule has 0 radical (unpaired) electrons. The number of likely N-dealkylation sites (N-methyl/N-ethyl adjacent to an activating group) is 1. The minimum absolute atomic E-state index is 0.0317. The molecule has 0 amide bonds. The molecule has 0 fully saturated rings. The van der Waals surface area contributed by atoms with Gasteiger partial charge in [0.2, 0.25) is 0 Å². The maximum atomic E-state index is 9.63. The highest BCUT2D eigenvalue weighted by Crippen LogP contribution is 2.23. The Morgan fingerprint density at radius 1 is 1.14 bits per heavy atom. The van der Waals surface area contributed by atoms with E-state index in [1.54, 1.807) is 12.4 Å². The number of aliphatic hydroxyl groups excluding tert-OH is 1. The van der Waals surface area contributed by atoms with Crippen LogP contribution < -0.4 is 0 Å². The Bertz CT molecular complexity index is 578. The van der Waals surface area contributed by atoms with E-state index in [-0.39, 0.29) is 12.6 Å². The normalized spacial score (nSPS) is 12.6. The number of nitrogens with zero attached hydrogens (tertiary/aromatic N) is 2. The van der Waals surface area contributed by atoms with Crippen molar-refractivity contribution in [2.24, 2.45) is 0 Å². The smallest absolute Gasteiger partial charge is 0.0628 e. The first-order valence-electron chi connectivity index (χ1n) is 6.76. The molecule has 112 valence electrons. The van der Waals surface area contributed by atoms with E-state index in [9.17, 15) is 5.11 Å². The van der Waals surface area contributed by atoms with Crippen LogP contribution in [-0.4, -0.2) is 35.2 Å². The van der Waals surface area contributed by atoms with Crippen LogP contribution in [0.3, 0.4) is 0 Å². The Morgan fingerprint density at radius 3 is 2.48 bits per heavy atom. The number of halogens is 2. The second kappa shape index (κ2) is 7.76. The molecule has 1 N–H and O–H groups in total. The molecule has 0 aliphatic heterocycles. The van der Waals surface area contributed by atoms with Gasteiger partial charge in [-0.05, 0) is 48.9 Å². The quantitative estimate of drug-likeness (QED) is 0.882. The zero-order valence-electron chi connectivity index (χ0n) is 11.8. The van der Waals surface area contributed by atoms with Gasteiger partial charge in [-0.3, -0.25) is 9.88 Å². The minimum Gasteiger partial charge on any atom is -0.394 e. The third-order valence-corrected chi connectivity index (χ3v) is 4.27. The summed E-state index contributed by atoms with van der Waals surface area (Å²) in [6.07, 6.45) is 4.32. The van der Waals surface area contributed by atoms with Gasteiger partial charge in [-0.15, -0.1) is 0 Å². The highest BCUT2D eigenvalue weighted by Gasteiger charge is 2.15. The standard InChI is InChI=1S/C16H18Cl2N2O/c1-20(16(11-21)13-4-7-19-8-5-13)9-6-12-2-3-14(17)15(18)10-12/h2-5,7-8,10,16,21H,6,9,11H2,1H3. The van der Waals surface area contributed by atoms with Crippen molar-refractivity contribution >= 4 is 23.2 Å². The first kappa shape index (κ1) is 16.2. The zero-order valence-corrected chi connectivity index (χ0v) is 13.3. The van der Waals surface area contributed by atoms with Crippen LogP contribution in [0.4, 0.5) is 0 Å². The molecule has 2 rings (SSSR count). The van der Waals surface area contributed by atoms with Crippen LogP contribution in [0.2, 0.25) is 10.0 Å². The van der Waals surface area contributed by atoms with Crippen molar-refractivity contribution in [2.75, 3.05) is 20.2 Å². The fourth-order valence-electron chi connectivity index (χ4n) is 2.24.